The van der Waals surface area contributed by atoms with E-state index in [-0.39, 0.29) is 28.0 Å². The summed E-state index contributed by atoms with van der Waals surface area (Å²) in [4.78, 5) is 50.7. The first-order valence-corrected chi connectivity index (χ1v) is 12.2. The molecular weight excluding hydrogens is 446 g/mol. The number of fused-ring (bicyclic) bond motifs is 1. The molecule has 9 nitrogen and oxygen atoms in total. The van der Waals surface area contributed by atoms with Crippen molar-refractivity contribution in [1.82, 2.24) is 15.5 Å². The molecule has 1 unspecified atom stereocenters. The number of amides is 4. The van der Waals surface area contributed by atoms with Crippen LogP contribution in [0.15, 0.2) is 47.4 Å². The van der Waals surface area contributed by atoms with E-state index in [9.17, 15) is 27.6 Å². The third-order valence-electron chi connectivity index (χ3n) is 5.95. The van der Waals surface area contributed by atoms with Crippen molar-refractivity contribution >= 4 is 33.5 Å². The lowest BCUT2D eigenvalue weighted by atomic mass is 10.0. The van der Waals surface area contributed by atoms with Crippen LogP contribution in [0.2, 0.25) is 0 Å². The molecule has 33 heavy (non-hydrogen) atoms. The number of nitrogens with zero attached hydrogens (tertiary/aromatic N) is 1. The van der Waals surface area contributed by atoms with Crippen molar-refractivity contribution in [2.75, 3.05) is 5.75 Å². The van der Waals surface area contributed by atoms with E-state index < -0.39 is 27.7 Å². The Morgan fingerprint density at radius 2 is 1.64 bits per heavy atom. The zero-order valence-corrected chi connectivity index (χ0v) is 18.8. The molecule has 1 atom stereocenters. The van der Waals surface area contributed by atoms with Gasteiger partial charge in [-0.3, -0.25) is 34.7 Å². The molecule has 0 aromatic heterocycles. The molecule has 0 saturated carbocycles. The molecule has 0 spiro atoms. The van der Waals surface area contributed by atoms with E-state index in [0.29, 0.717) is 31.5 Å². The summed E-state index contributed by atoms with van der Waals surface area (Å²) in [6, 6.07) is 10.1. The van der Waals surface area contributed by atoms with E-state index in [4.69, 9.17) is 0 Å². The van der Waals surface area contributed by atoms with Crippen molar-refractivity contribution in [2.45, 2.75) is 43.8 Å². The largest absolute Gasteiger partial charge is 0.295 e. The molecule has 2 N–H and O–H groups in total. The van der Waals surface area contributed by atoms with E-state index in [1.54, 1.807) is 18.2 Å². The van der Waals surface area contributed by atoms with Gasteiger partial charge >= 0.3 is 0 Å². The van der Waals surface area contributed by atoms with Crippen LogP contribution in [0.1, 0.15) is 51.6 Å². The molecule has 2 aromatic rings. The van der Waals surface area contributed by atoms with Crippen LogP contribution in [0.25, 0.3) is 0 Å². The van der Waals surface area contributed by atoms with Crippen LogP contribution in [0.3, 0.4) is 0 Å². The van der Waals surface area contributed by atoms with Crippen LogP contribution in [0.4, 0.5) is 0 Å². The molecule has 0 radical (unpaired) electrons. The normalized spacial score (nSPS) is 18.5. The monoisotopic (exact) mass is 469 g/mol. The Bertz CT molecular complexity index is 1250. The van der Waals surface area contributed by atoms with Gasteiger partial charge in [0.2, 0.25) is 11.8 Å². The van der Waals surface area contributed by atoms with Crippen molar-refractivity contribution in [3.05, 3.63) is 64.7 Å². The van der Waals surface area contributed by atoms with Gasteiger partial charge in [-0.1, -0.05) is 13.0 Å². The quantitative estimate of drug-likeness (QED) is 0.629. The number of hydrogen-bond donors (Lipinski definition) is 2. The van der Waals surface area contributed by atoms with Crippen molar-refractivity contribution in [1.29, 1.82) is 0 Å². The van der Waals surface area contributed by atoms with Gasteiger partial charge < -0.3 is 0 Å². The molecule has 1 saturated heterocycles. The Balaban J connectivity index is 1.42. The number of carbonyl (C=O) groups excluding carboxylic acids is 4. The number of nitrogens with one attached hydrogen (secondary N) is 2. The second-order valence-electron chi connectivity index (χ2n) is 8.07. The summed E-state index contributed by atoms with van der Waals surface area (Å²) in [6.45, 7) is 2.54. The van der Waals surface area contributed by atoms with Gasteiger partial charge in [-0.2, -0.15) is 0 Å². The highest BCUT2D eigenvalue weighted by atomic mass is 32.2. The summed E-state index contributed by atoms with van der Waals surface area (Å²) in [5.41, 5.74) is 2.34. The molecule has 1 fully saturated rings. The maximum Gasteiger partial charge on any atom is 0.258 e. The van der Waals surface area contributed by atoms with Crippen LogP contribution in [-0.2, 0) is 32.5 Å². The lowest BCUT2D eigenvalue weighted by molar-refractivity contribution is -0.137. The minimum absolute atomic E-state index is 0.0453. The van der Waals surface area contributed by atoms with Gasteiger partial charge in [-0.05, 0) is 53.9 Å². The predicted molar refractivity (Wildman–Crippen MR) is 118 cm³/mol. The Labute approximate surface area is 191 Å². The van der Waals surface area contributed by atoms with E-state index in [2.05, 4.69) is 10.6 Å². The second-order valence-corrected chi connectivity index (χ2v) is 10.3. The summed E-state index contributed by atoms with van der Waals surface area (Å²) < 4.78 is 23.8. The van der Waals surface area contributed by atoms with Crippen LogP contribution in [-0.4, -0.2) is 48.7 Å². The Hall–Kier alpha value is -3.37. The number of imide groups is 2. The highest BCUT2D eigenvalue weighted by Gasteiger charge is 2.34. The van der Waals surface area contributed by atoms with E-state index in [0.717, 1.165) is 11.1 Å². The predicted octanol–water partition coefficient (Wildman–Crippen LogP) is 1.17. The Morgan fingerprint density at radius 1 is 1.00 bits per heavy atom. The molecule has 4 amide bonds. The lowest BCUT2D eigenvalue weighted by Gasteiger charge is -2.29. The van der Waals surface area contributed by atoms with E-state index in [1.807, 2.05) is 4.90 Å². The molecule has 0 bridgehead atoms. The zero-order chi connectivity index (χ0) is 23.8. The Morgan fingerprint density at radius 3 is 2.30 bits per heavy atom. The summed E-state index contributed by atoms with van der Waals surface area (Å²) in [6.07, 6.45) is 0.753. The van der Waals surface area contributed by atoms with Crippen molar-refractivity contribution in [2.24, 2.45) is 0 Å². The molecule has 10 heteroatoms. The van der Waals surface area contributed by atoms with Gasteiger partial charge in [0, 0.05) is 30.6 Å². The minimum Gasteiger partial charge on any atom is -0.295 e. The van der Waals surface area contributed by atoms with Gasteiger partial charge in [0.1, 0.15) is 0 Å². The van der Waals surface area contributed by atoms with E-state index in [1.165, 1.54) is 31.2 Å². The average Bonchev–Trinajstić information content (AvgIpc) is 3.22. The van der Waals surface area contributed by atoms with Gasteiger partial charge in [-0.25, -0.2) is 8.42 Å². The molecule has 2 aromatic carbocycles. The number of piperidine rings is 1. The summed E-state index contributed by atoms with van der Waals surface area (Å²) in [7, 11) is -3.38. The zero-order valence-electron chi connectivity index (χ0n) is 18.0. The van der Waals surface area contributed by atoms with Crippen molar-refractivity contribution < 1.29 is 27.6 Å². The van der Waals surface area contributed by atoms with Crippen molar-refractivity contribution in [3.8, 4) is 0 Å². The summed E-state index contributed by atoms with van der Waals surface area (Å²) in [5, 5.41) is 4.68. The van der Waals surface area contributed by atoms with Crippen molar-refractivity contribution in [3.63, 3.8) is 0 Å². The van der Waals surface area contributed by atoms with Crippen LogP contribution < -0.4 is 10.6 Å². The van der Waals surface area contributed by atoms with Crippen LogP contribution >= 0.6 is 0 Å². The number of carbonyl (C=O) groups is 4. The summed E-state index contributed by atoms with van der Waals surface area (Å²) in [5.74, 6) is -1.83. The van der Waals surface area contributed by atoms with Gasteiger partial charge in [0.15, 0.2) is 9.84 Å². The fourth-order valence-corrected chi connectivity index (χ4v) is 4.92. The van der Waals surface area contributed by atoms with Crippen LogP contribution in [0.5, 0.6) is 0 Å². The minimum atomic E-state index is -3.38. The second kappa shape index (κ2) is 8.87. The number of sulfone groups is 1. The van der Waals surface area contributed by atoms with Gasteiger partial charge in [0.25, 0.3) is 11.8 Å². The average molecular weight is 470 g/mol. The third kappa shape index (κ3) is 4.71. The third-order valence-corrected chi connectivity index (χ3v) is 7.70. The first-order valence-electron chi connectivity index (χ1n) is 10.6. The molecule has 2 aliphatic heterocycles. The fourth-order valence-electron chi connectivity index (χ4n) is 4.04. The summed E-state index contributed by atoms with van der Waals surface area (Å²) >= 11 is 0. The first-order chi connectivity index (χ1) is 15.7. The molecule has 2 aliphatic rings. The molecule has 4 rings (SSSR count). The Kier molecular flexibility index (Phi) is 6.13. The fraction of sp³-hybridized carbons (Fsp3) is 0.304. The number of hydrogen-bond acceptors (Lipinski definition) is 7. The first kappa shape index (κ1) is 22.8. The molecule has 0 aliphatic carbocycles. The maximum atomic E-state index is 12.6. The highest BCUT2D eigenvalue weighted by Crippen LogP contribution is 2.28. The van der Waals surface area contributed by atoms with Gasteiger partial charge in [-0.15, -0.1) is 0 Å². The SMILES string of the molecule is CCS(=O)(=O)c1ccc(C(=O)NC(=O)c2ccc3c(c2)CN(C2CCC(=O)NC2=O)C3)cc1. The standard InChI is InChI=1S/C23H23N3O6S/c1-2-33(31,32)18-7-5-14(6-8-18)21(28)25-22(29)15-3-4-16-12-26(13-17(16)11-15)19-9-10-20(27)24-23(19)30/h3-8,11,19H,2,9-10,12-13H2,1H3,(H,24,27,30)(H,25,28,29). The lowest BCUT2D eigenvalue weighted by Crippen LogP contribution is -2.50. The van der Waals surface area contributed by atoms with Crippen LogP contribution in [0, 0.1) is 0 Å². The number of benzene rings is 2. The molecule has 172 valence electrons. The van der Waals surface area contributed by atoms with Gasteiger partial charge in [0.05, 0.1) is 16.7 Å². The molecule has 2 heterocycles. The number of rotatable bonds is 5. The van der Waals surface area contributed by atoms with E-state index >= 15 is 0 Å². The highest BCUT2D eigenvalue weighted by molar-refractivity contribution is 7.91. The molecular formula is C23H23N3O6S. The topological polar surface area (TPSA) is 130 Å². The maximum absolute atomic E-state index is 12.6. The smallest absolute Gasteiger partial charge is 0.258 e.